The molecule has 1 heterocycles. The smallest absolute Gasteiger partial charge is 0.162 e. The first-order valence-electron chi connectivity index (χ1n) is 16.5. The third-order valence-corrected chi connectivity index (χ3v) is 8.34. The van der Waals surface area contributed by atoms with E-state index >= 15 is 0 Å². The number of hydroxylamine groups is 2. The summed E-state index contributed by atoms with van der Waals surface area (Å²) in [6, 6.07) is 49.9. The average Bonchev–Trinajstić information content (AvgIpc) is 3.14. The molecule has 5 atom stereocenters. The van der Waals surface area contributed by atoms with Gasteiger partial charge in [-0.1, -0.05) is 152 Å². The average molecular weight is 646 g/mol. The molecule has 7 nitrogen and oxygen atoms in total. The Morgan fingerprint density at radius 3 is 1.29 bits per heavy atom. The zero-order valence-corrected chi connectivity index (χ0v) is 27.0. The molecule has 5 aromatic rings. The summed E-state index contributed by atoms with van der Waals surface area (Å²) in [6.45, 7) is 1.84. The predicted molar refractivity (Wildman–Crippen MR) is 184 cm³/mol. The normalized spacial score (nSPS) is 20.9. The van der Waals surface area contributed by atoms with Crippen molar-refractivity contribution >= 4 is 0 Å². The zero-order valence-electron chi connectivity index (χ0n) is 27.0. The Bertz CT molecular complexity index is 1590. The van der Waals surface area contributed by atoms with Gasteiger partial charge in [0.2, 0.25) is 0 Å². The Morgan fingerprint density at radius 1 is 0.458 bits per heavy atom. The van der Waals surface area contributed by atoms with Crippen LogP contribution in [0.4, 0.5) is 0 Å². The van der Waals surface area contributed by atoms with E-state index in [4.69, 9.17) is 23.7 Å². The molecule has 0 bridgehead atoms. The van der Waals surface area contributed by atoms with Crippen molar-refractivity contribution in [3.63, 3.8) is 0 Å². The van der Waals surface area contributed by atoms with Crippen molar-refractivity contribution in [1.82, 2.24) is 5.06 Å². The number of rotatable bonds is 16. The van der Waals surface area contributed by atoms with E-state index in [0.29, 0.717) is 26.4 Å². The summed E-state index contributed by atoms with van der Waals surface area (Å²) in [7, 11) is 0. The van der Waals surface area contributed by atoms with Crippen molar-refractivity contribution in [3.05, 3.63) is 179 Å². The summed E-state index contributed by atoms with van der Waals surface area (Å²) in [5.41, 5.74) is 5.04. The molecule has 1 aliphatic heterocycles. The molecule has 1 unspecified atom stereocenters. The van der Waals surface area contributed by atoms with E-state index < -0.39 is 30.6 Å². The third-order valence-electron chi connectivity index (χ3n) is 8.34. The molecule has 0 radical (unpaired) electrons. The minimum atomic E-state index is -0.878. The monoisotopic (exact) mass is 645 g/mol. The second-order valence-corrected chi connectivity index (χ2v) is 11.9. The van der Waals surface area contributed by atoms with Crippen LogP contribution in [0.3, 0.4) is 0 Å². The zero-order chi connectivity index (χ0) is 32.8. The van der Waals surface area contributed by atoms with Crippen LogP contribution in [0, 0.1) is 0 Å². The Morgan fingerprint density at radius 2 is 0.833 bits per heavy atom. The van der Waals surface area contributed by atoms with Crippen molar-refractivity contribution in [1.29, 1.82) is 0 Å². The minimum absolute atomic E-state index is 0.223. The quantitative estimate of drug-likeness (QED) is 0.111. The summed E-state index contributed by atoms with van der Waals surface area (Å²) in [5, 5.41) is 12.9. The number of hydrogen-bond acceptors (Lipinski definition) is 7. The Balaban J connectivity index is 1.32. The first kappa shape index (κ1) is 33.7. The first-order chi connectivity index (χ1) is 23.7. The molecule has 1 N–H and O–H groups in total. The number of hydrogen-bond donors (Lipinski definition) is 1. The van der Waals surface area contributed by atoms with Crippen LogP contribution in [-0.4, -0.2) is 47.5 Å². The van der Waals surface area contributed by atoms with E-state index in [1.807, 2.05) is 152 Å². The van der Waals surface area contributed by atoms with Crippen molar-refractivity contribution in [2.75, 3.05) is 6.61 Å². The largest absolute Gasteiger partial charge is 0.374 e. The van der Waals surface area contributed by atoms with Gasteiger partial charge >= 0.3 is 0 Å². The van der Waals surface area contributed by atoms with Gasteiger partial charge < -0.3 is 28.9 Å². The highest BCUT2D eigenvalue weighted by Crippen LogP contribution is 2.32. The lowest BCUT2D eigenvalue weighted by molar-refractivity contribution is -0.344. The number of ether oxygens (including phenoxy) is 5. The highest BCUT2D eigenvalue weighted by molar-refractivity contribution is 5.17. The molecule has 0 spiro atoms. The van der Waals surface area contributed by atoms with E-state index in [2.05, 4.69) is 0 Å². The molecule has 0 aromatic heterocycles. The lowest BCUT2D eigenvalue weighted by Gasteiger charge is -2.48. The second kappa shape index (κ2) is 17.8. The molecule has 1 saturated heterocycles. The summed E-state index contributed by atoms with van der Waals surface area (Å²) < 4.78 is 33.2. The lowest BCUT2D eigenvalue weighted by atomic mass is 9.96. The van der Waals surface area contributed by atoms with Crippen molar-refractivity contribution in [2.45, 2.75) is 63.6 Å². The molecule has 0 amide bonds. The van der Waals surface area contributed by atoms with E-state index in [9.17, 15) is 5.21 Å². The maximum atomic E-state index is 11.7. The van der Waals surface area contributed by atoms with Gasteiger partial charge in [0.05, 0.1) is 39.6 Å². The van der Waals surface area contributed by atoms with Crippen LogP contribution in [0.15, 0.2) is 152 Å². The molecule has 1 aliphatic rings. The topological polar surface area (TPSA) is 69.6 Å². The SMILES string of the molecule is ON(Cc1ccccc1)C1O[C@H](COCc2ccccc2)[C@@H](OCc2ccccc2)[C@H](OCc2ccccc2)[C@@H]1OCc1ccccc1. The van der Waals surface area contributed by atoms with Crippen LogP contribution in [0.1, 0.15) is 27.8 Å². The Kier molecular flexibility index (Phi) is 12.5. The second-order valence-electron chi connectivity index (χ2n) is 11.9. The van der Waals surface area contributed by atoms with Gasteiger partial charge in [0, 0.05) is 0 Å². The molecule has 0 aliphatic carbocycles. The van der Waals surface area contributed by atoms with Crippen molar-refractivity contribution in [3.8, 4) is 0 Å². The summed E-state index contributed by atoms with van der Waals surface area (Å²) >= 11 is 0. The van der Waals surface area contributed by atoms with Gasteiger partial charge in [-0.3, -0.25) is 0 Å². The fourth-order valence-corrected chi connectivity index (χ4v) is 5.87. The first-order valence-corrected chi connectivity index (χ1v) is 16.5. The van der Waals surface area contributed by atoms with E-state index in [-0.39, 0.29) is 13.2 Å². The van der Waals surface area contributed by atoms with Crippen molar-refractivity contribution < 1.29 is 28.9 Å². The fourth-order valence-electron chi connectivity index (χ4n) is 5.87. The highest BCUT2D eigenvalue weighted by atomic mass is 16.7. The van der Waals surface area contributed by atoms with Gasteiger partial charge in [0.15, 0.2) is 6.23 Å². The minimum Gasteiger partial charge on any atom is -0.374 e. The number of nitrogens with zero attached hydrogens (tertiary/aromatic N) is 1. The fraction of sp³-hybridized carbons (Fsp3) is 0.268. The van der Waals surface area contributed by atoms with Crippen LogP contribution >= 0.6 is 0 Å². The van der Waals surface area contributed by atoms with Crippen LogP contribution in [0.25, 0.3) is 0 Å². The molecule has 6 rings (SSSR count). The predicted octanol–water partition coefficient (Wildman–Crippen LogP) is 7.58. The number of benzene rings is 5. The van der Waals surface area contributed by atoms with E-state index in [1.54, 1.807) is 0 Å². The van der Waals surface area contributed by atoms with E-state index in [1.165, 1.54) is 5.06 Å². The maximum Gasteiger partial charge on any atom is 0.162 e. The van der Waals surface area contributed by atoms with Gasteiger partial charge in [-0.2, -0.15) is 5.06 Å². The molecular formula is C41H43NO6. The van der Waals surface area contributed by atoms with E-state index in [0.717, 1.165) is 27.8 Å². The van der Waals surface area contributed by atoms with Gasteiger partial charge in [0.25, 0.3) is 0 Å². The molecule has 48 heavy (non-hydrogen) atoms. The van der Waals surface area contributed by atoms with Crippen molar-refractivity contribution in [2.24, 2.45) is 0 Å². The lowest BCUT2D eigenvalue weighted by Crippen LogP contribution is -2.64. The van der Waals surface area contributed by atoms with Crippen LogP contribution in [0.2, 0.25) is 0 Å². The van der Waals surface area contributed by atoms with Gasteiger partial charge in [-0.15, -0.1) is 0 Å². The third kappa shape index (κ3) is 9.69. The van der Waals surface area contributed by atoms with Crippen LogP contribution < -0.4 is 0 Å². The maximum absolute atomic E-state index is 11.7. The van der Waals surface area contributed by atoms with Gasteiger partial charge in [-0.05, 0) is 27.8 Å². The Hall–Kier alpha value is -4.18. The van der Waals surface area contributed by atoms with Gasteiger partial charge in [0.1, 0.15) is 24.4 Å². The summed E-state index contributed by atoms with van der Waals surface area (Å²) in [4.78, 5) is 0. The molecule has 248 valence electrons. The van der Waals surface area contributed by atoms with Crippen LogP contribution in [-0.2, 0) is 56.7 Å². The summed E-state index contributed by atoms with van der Waals surface area (Å²) in [5.74, 6) is 0. The molecule has 1 fully saturated rings. The molecule has 0 saturated carbocycles. The van der Waals surface area contributed by atoms with Gasteiger partial charge in [-0.25, -0.2) is 0 Å². The highest BCUT2D eigenvalue weighted by Gasteiger charge is 2.50. The summed E-state index contributed by atoms with van der Waals surface area (Å²) in [6.07, 6.45) is -3.37. The molecular weight excluding hydrogens is 602 g/mol. The molecule has 7 heteroatoms. The Labute approximate surface area is 283 Å². The molecule has 5 aromatic carbocycles. The standard InChI is InChI=1S/C41H43NO6/c43-42(26-32-16-6-1-7-17-32)41-40(47-30-36-24-14-5-15-25-36)39(46-29-35-22-12-4-13-23-35)38(45-28-34-20-10-3-11-21-34)37(48-41)31-44-27-33-18-8-2-9-19-33/h1-25,37-41,43H,26-31H2/t37-,38-,39+,40+,41?/m1/s1. The van der Waals surface area contributed by atoms with Crippen LogP contribution in [0.5, 0.6) is 0 Å².